The number of furan rings is 1. The maximum Gasteiger partial charge on any atom is 0.248 e. The van der Waals surface area contributed by atoms with Crippen molar-refractivity contribution in [3.63, 3.8) is 0 Å². The Morgan fingerprint density at radius 2 is 1.38 bits per heavy atom. The van der Waals surface area contributed by atoms with Crippen LogP contribution in [0, 0.1) is 6.92 Å². The number of rotatable bonds is 2. The lowest BCUT2D eigenvalue weighted by molar-refractivity contribution is 0.455. The molecule has 0 atom stereocenters. The van der Waals surface area contributed by atoms with E-state index in [4.69, 9.17) is 9.15 Å². The number of anilines is 3. The Morgan fingerprint density at radius 3 is 2.23 bits per heavy atom. The molecule has 0 saturated heterocycles. The van der Waals surface area contributed by atoms with Gasteiger partial charge in [-0.15, -0.1) is 0 Å². The van der Waals surface area contributed by atoms with Crippen LogP contribution in [0.4, 0.5) is 17.3 Å². The number of aryl methyl sites for hydroxylation is 1. The topological polar surface area (TPSA) is 25.6 Å². The van der Waals surface area contributed by atoms with Crippen LogP contribution in [0.3, 0.4) is 0 Å². The van der Waals surface area contributed by atoms with Crippen LogP contribution < -0.4 is 9.64 Å². The smallest absolute Gasteiger partial charge is 0.248 e. The molecule has 0 spiro atoms. The summed E-state index contributed by atoms with van der Waals surface area (Å²) in [5, 5.41) is 0. The predicted octanol–water partition coefficient (Wildman–Crippen LogP) is 6.83. The van der Waals surface area contributed by atoms with Gasteiger partial charge in [-0.1, -0.05) is 60.7 Å². The predicted molar refractivity (Wildman–Crippen MR) is 104 cm³/mol. The maximum atomic E-state index is 6.06. The largest absolute Gasteiger partial charge is 0.449 e. The van der Waals surface area contributed by atoms with Crippen LogP contribution >= 0.6 is 0 Å². The molecule has 0 saturated carbocycles. The Kier molecular flexibility index (Phi) is 3.32. The van der Waals surface area contributed by atoms with Gasteiger partial charge in [-0.3, -0.25) is 4.90 Å². The van der Waals surface area contributed by atoms with Crippen LogP contribution in [0.2, 0.25) is 0 Å². The maximum absolute atomic E-state index is 6.06. The number of ether oxygens (including phenoxy) is 1. The van der Waals surface area contributed by atoms with E-state index < -0.39 is 0 Å². The van der Waals surface area contributed by atoms with E-state index in [1.165, 1.54) is 0 Å². The minimum atomic E-state index is 0.713. The first-order chi connectivity index (χ1) is 12.8. The number of fused-ring (bicyclic) bond motifs is 2. The third-order valence-corrected chi connectivity index (χ3v) is 4.56. The highest BCUT2D eigenvalue weighted by Crippen LogP contribution is 2.53. The molecule has 0 amide bonds. The van der Waals surface area contributed by atoms with E-state index in [9.17, 15) is 0 Å². The third kappa shape index (κ3) is 2.29. The van der Waals surface area contributed by atoms with Gasteiger partial charge in [-0.05, 0) is 30.7 Å². The fraction of sp³-hybridized carbons (Fsp3) is 0.0435. The standard InChI is InChI=1S/C23H17NO2/c1-16-15-22-23(25-16)24(20-13-7-8-14-21(20)26-22)19-12-6-5-11-18(19)17-9-3-2-4-10-17/h2-15H,1H3. The molecule has 4 aromatic rings. The molecule has 0 N–H and O–H groups in total. The lowest BCUT2D eigenvalue weighted by atomic mass is 10.0. The average Bonchev–Trinajstić information content (AvgIpc) is 3.06. The molecule has 0 unspecified atom stereocenters. The average molecular weight is 339 g/mol. The zero-order chi connectivity index (χ0) is 17.5. The van der Waals surface area contributed by atoms with E-state index in [1.807, 2.05) is 37.3 Å². The summed E-state index contributed by atoms with van der Waals surface area (Å²) in [7, 11) is 0. The first-order valence-electron chi connectivity index (χ1n) is 8.63. The van der Waals surface area contributed by atoms with Gasteiger partial charge in [0.1, 0.15) is 5.76 Å². The van der Waals surface area contributed by atoms with Gasteiger partial charge in [0, 0.05) is 11.6 Å². The van der Waals surface area contributed by atoms with Crippen molar-refractivity contribution in [1.29, 1.82) is 0 Å². The lowest BCUT2D eigenvalue weighted by Crippen LogP contribution is -2.15. The van der Waals surface area contributed by atoms with Gasteiger partial charge in [0.25, 0.3) is 0 Å². The lowest BCUT2D eigenvalue weighted by Gasteiger charge is -2.30. The van der Waals surface area contributed by atoms with Gasteiger partial charge in [0.15, 0.2) is 11.5 Å². The van der Waals surface area contributed by atoms with Crippen molar-refractivity contribution in [3.05, 3.63) is 90.7 Å². The molecule has 5 rings (SSSR count). The van der Waals surface area contributed by atoms with Crippen molar-refractivity contribution in [1.82, 2.24) is 0 Å². The van der Waals surface area contributed by atoms with Gasteiger partial charge in [-0.25, -0.2) is 0 Å². The SMILES string of the molecule is Cc1cc2c(o1)N(c1ccccc1-c1ccccc1)c1ccccc1O2. The van der Waals surface area contributed by atoms with E-state index in [0.29, 0.717) is 5.88 Å². The van der Waals surface area contributed by atoms with Crippen molar-refractivity contribution in [2.75, 3.05) is 4.90 Å². The van der Waals surface area contributed by atoms with Crippen LogP contribution in [0.1, 0.15) is 5.76 Å². The second kappa shape index (κ2) is 5.81. The highest BCUT2D eigenvalue weighted by atomic mass is 16.5. The number of hydrogen-bond acceptors (Lipinski definition) is 3. The molecule has 126 valence electrons. The normalized spacial score (nSPS) is 12.3. The summed E-state index contributed by atoms with van der Waals surface area (Å²) in [5.74, 6) is 3.10. The van der Waals surface area contributed by atoms with E-state index >= 15 is 0 Å². The molecule has 3 heteroatoms. The third-order valence-electron chi connectivity index (χ3n) is 4.56. The summed E-state index contributed by atoms with van der Waals surface area (Å²) in [6.07, 6.45) is 0. The number of para-hydroxylation sites is 3. The van der Waals surface area contributed by atoms with Crippen LogP contribution in [-0.4, -0.2) is 0 Å². The zero-order valence-electron chi connectivity index (χ0n) is 14.3. The minimum Gasteiger partial charge on any atom is -0.449 e. The molecule has 1 aliphatic heterocycles. The van der Waals surface area contributed by atoms with E-state index in [2.05, 4.69) is 59.5 Å². The Bertz CT molecular complexity index is 1080. The number of benzene rings is 3. The highest BCUT2D eigenvalue weighted by Gasteiger charge is 2.30. The Morgan fingerprint density at radius 1 is 0.692 bits per heavy atom. The van der Waals surface area contributed by atoms with Gasteiger partial charge < -0.3 is 9.15 Å². The monoisotopic (exact) mass is 339 g/mol. The summed E-state index contributed by atoms with van der Waals surface area (Å²) in [4.78, 5) is 2.14. The number of nitrogens with zero attached hydrogens (tertiary/aromatic N) is 1. The molecular weight excluding hydrogens is 322 g/mol. The molecule has 0 bridgehead atoms. The first kappa shape index (κ1) is 14.8. The molecule has 0 fully saturated rings. The van der Waals surface area contributed by atoms with Crippen molar-refractivity contribution >= 4 is 17.3 Å². The molecule has 26 heavy (non-hydrogen) atoms. The summed E-state index contributed by atoms with van der Waals surface area (Å²) in [6, 6.07) is 28.7. The molecule has 3 nitrogen and oxygen atoms in total. The summed E-state index contributed by atoms with van der Waals surface area (Å²) in [6.45, 7) is 1.94. The molecule has 2 heterocycles. The van der Waals surface area contributed by atoms with Crippen LogP contribution in [0.25, 0.3) is 11.1 Å². The van der Waals surface area contributed by atoms with Gasteiger partial charge >= 0.3 is 0 Å². The first-order valence-corrected chi connectivity index (χ1v) is 8.63. The highest BCUT2D eigenvalue weighted by molar-refractivity contribution is 5.91. The van der Waals surface area contributed by atoms with E-state index in [1.54, 1.807) is 0 Å². The second-order valence-corrected chi connectivity index (χ2v) is 6.31. The minimum absolute atomic E-state index is 0.713. The van der Waals surface area contributed by atoms with Crippen LogP contribution in [0.5, 0.6) is 11.5 Å². The molecule has 0 radical (unpaired) electrons. The summed E-state index contributed by atoms with van der Waals surface area (Å²) in [5.41, 5.74) is 4.34. The van der Waals surface area contributed by atoms with Crippen molar-refractivity contribution < 1.29 is 9.15 Å². The molecule has 1 aliphatic rings. The Labute approximate surface area is 152 Å². The van der Waals surface area contributed by atoms with Gasteiger partial charge in [0.2, 0.25) is 5.88 Å². The summed E-state index contributed by atoms with van der Waals surface area (Å²) >= 11 is 0. The van der Waals surface area contributed by atoms with E-state index in [-0.39, 0.29) is 0 Å². The van der Waals surface area contributed by atoms with E-state index in [0.717, 1.165) is 39.8 Å². The molecule has 1 aromatic heterocycles. The molecule has 0 aliphatic carbocycles. The van der Waals surface area contributed by atoms with Gasteiger partial charge in [-0.2, -0.15) is 0 Å². The fourth-order valence-corrected chi connectivity index (χ4v) is 3.43. The Hall–Kier alpha value is -3.46. The Balaban J connectivity index is 1.77. The van der Waals surface area contributed by atoms with Crippen molar-refractivity contribution in [3.8, 4) is 22.6 Å². The zero-order valence-corrected chi connectivity index (χ0v) is 14.3. The van der Waals surface area contributed by atoms with Crippen molar-refractivity contribution in [2.24, 2.45) is 0 Å². The quantitative estimate of drug-likeness (QED) is 0.352. The molecular formula is C23H17NO2. The van der Waals surface area contributed by atoms with Crippen LogP contribution in [-0.2, 0) is 0 Å². The van der Waals surface area contributed by atoms with Crippen molar-refractivity contribution in [2.45, 2.75) is 6.92 Å². The molecule has 3 aromatic carbocycles. The van der Waals surface area contributed by atoms with Crippen LogP contribution in [0.15, 0.2) is 89.3 Å². The number of hydrogen-bond donors (Lipinski definition) is 0. The van der Waals surface area contributed by atoms with Gasteiger partial charge in [0.05, 0.1) is 11.4 Å². The summed E-state index contributed by atoms with van der Waals surface area (Å²) < 4.78 is 12.1. The fourth-order valence-electron chi connectivity index (χ4n) is 3.43. The second-order valence-electron chi connectivity index (χ2n) is 6.31.